The number of benzene rings is 1. The third-order valence-corrected chi connectivity index (χ3v) is 3.10. The molecule has 1 aliphatic heterocycles. The summed E-state index contributed by atoms with van der Waals surface area (Å²) in [5, 5.41) is 0. The van der Waals surface area contributed by atoms with Gasteiger partial charge in [0.1, 0.15) is 6.04 Å². The van der Waals surface area contributed by atoms with Crippen LogP contribution < -0.4 is 0 Å². The van der Waals surface area contributed by atoms with Crippen molar-refractivity contribution in [3.63, 3.8) is 0 Å². The summed E-state index contributed by atoms with van der Waals surface area (Å²) >= 11 is 0. The van der Waals surface area contributed by atoms with Gasteiger partial charge in [-0.3, -0.25) is 9.59 Å². The zero-order valence-corrected chi connectivity index (χ0v) is 8.36. The number of hydrogen-bond acceptors (Lipinski definition) is 2. The van der Waals surface area contributed by atoms with Crippen LogP contribution >= 0.6 is 0 Å². The number of ketones is 1. The van der Waals surface area contributed by atoms with E-state index in [1.54, 1.807) is 24.3 Å². The molecule has 1 fully saturated rings. The normalized spacial score (nSPS) is 25.6. The predicted molar refractivity (Wildman–Crippen MR) is 50.2 cm³/mol. The quantitative estimate of drug-likeness (QED) is 0.648. The Balaban J connectivity index is 1.96. The summed E-state index contributed by atoms with van der Waals surface area (Å²) in [5.41, 5.74) is 0.939. The maximum Gasteiger partial charge on any atom is 0.471 e. The second-order valence-electron chi connectivity index (χ2n) is 4.05. The average Bonchev–Trinajstić information content (AvgIpc) is 2.93. The van der Waals surface area contributed by atoms with Crippen LogP contribution in [0.3, 0.4) is 0 Å². The average molecular weight is 241 g/mol. The number of fused-ring (bicyclic) bond motifs is 3. The first kappa shape index (κ1) is 10.3. The van der Waals surface area contributed by atoms with Gasteiger partial charge in [0.05, 0.1) is 6.04 Å². The molecule has 0 spiro atoms. The molecule has 1 aromatic rings. The molecule has 3 rings (SSSR count). The Kier molecular flexibility index (Phi) is 1.75. The number of nitrogens with zero attached hydrogens (tertiary/aromatic N) is 1. The lowest BCUT2D eigenvalue weighted by molar-refractivity contribution is -0.180. The molecule has 1 amide bonds. The van der Waals surface area contributed by atoms with Crippen molar-refractivity contribution in [3.8, 4) is 0 Å². The van der Waals surface area contributed by atoms with Crippen molar-refractivity contribution in [1.82, 2.24) is 4.90 Å². The van der Waals surface area contributed by atoms with Gasteiger partial charge in [-0.05, 0) is 5.56 Å². The van der Waals surface area contributed by atoms with E-state index in [4.69, 9.17) is 0 Å². The zero-order chi connectivity index (χ0) is 12.4. The minimum atomic E-state index is -4.92. The Morgan fingerprint density at radius 3 is 2.47 bits per heavy atom. The van der Waals surface area contributed by atoms with E-state index >= 15 is 0 Å². The number of amides is 1. The lowest BCUT2D eigenvalue weighted by Crippen LogP contribution is -2.33. The standard InChI is InChI=1S/C11H6F3NO2/c12-11(13,14)10(17)15-7-5-3-1-2-4-6(5)9(16)8(7)15/h1-4,7-8H/t7-,8-,15?/m0/s1. The van der Waals surface area contributed by atoms with Crippen LogP contribution in [0.5, 0.6) is 0 Å². The van der Waals surface area contributed by atoms with Gasteiger partial charge in [-0.15, -0.1) is 0 Å². The SMILES string of the molecule is O=C1c2ccccc2[C@H]2[C@@H]1N2C(=O)C(F)(F)F. The second kappa shape index (κ2) is 2.88. The minimum absolute atomic E-state index is 0.400. The van der Waals surface area contributed by atoms with Crippen LogP contribution in [0, 0.1) is 0 Å². The molecule has 1 heterocycles. The summed E-state index contributed by atoms with van der Waals surface area (Å²) in [5.74, 6) is -2.33. The van der Waals surface area contributed by atoms with Crippen LogP contribution in [0.25, 0.3) is 0 Å². The molecule has 6 heteroatoms. The molecular formula is C11H6F3NO2. The highest BCUT2D eigenvalue weighted by Crippen LogP contribution is 2.53. The summed E-state index contributed by atoms with van der Waals surface area (Å²) < 4.78 is 36.7. The molecule has 1 aromatic carbocycles. The molecule has 2 aliphatic rings. The van der Waals surface area contributed by atoms with Crippen molar-refractivity contribution in [2.24, 2.45) is 0 Å². The van der Waals surface area contributed by atoms with Crippen molar-refractivity contribution in [2.75, 3.05) is 0 Å². The molecule has 1 saturated heterocycles. The summed E-state index contributed by atoms with van der Waals surface area (Å²) in [7, 11) is 0. The number of carbonyl (C=O) groups excluding carboxylic acids is 2. The molecule has 1 aliphatic carbocycles. The first-order valence-corrected chi connectivity index (χ1v) is 4.95. The zero-order valence-electron chi connectivity index (χ0n) is 8.36. The van der Waals surface area contributed by atoms with Gasteiger partial charge in [0.2, 0.25) is 0 Å². The Bertz CT molecular complexity index is 538. The van der Waals surface area contributed by atoms with Crippen LogP contribution in [0.4, 0.5) is 13.2 Å². The van der Waals surface area contributed by atoms with Crippen LogP contribution in [-0.2, 0) is 4.79 Å². The van der Waals surface area contributed by atoms with E-state index < -0.39 is 30.0 Å². The second-order valence-corrected chi connectivity index (χ2v) is 4.05. The number of halogens is 3. The van der Waals surface area contributed by atoms with Crippen LogP contribution in [0.1, 0.15) is 22.0 Å². The van der Waals surface area contributed by atoms with E-state index in [0.717, 1.165) is 0 Å². The van der Waals surface area contributed by atoms with Gasteiger partial charge in [0.25, 0.3) is 0 Å². The topological polar surface area (TPSA) is 37.1 Å². The van der Waals surface area contributed by atoms with E-state index in [1.807, 2.05) is 0 Å². The van der Waals surface area contributed by atoms with E-state index in [9.17, 15) is 22.8 Å². The number of Topliss-reactive ketones (excluding diaryl/α,β-unsaturated/α-hetero) is 1. The summed E-state index contributed by atoms with van der Waals surface area (Å²) in [6.07, 6.45) is -4.92. The molecule has 0 bridgehead atoms. The van der Waals surface area contributed by atoms with Crippen LogP contribution in [0.15, 0.2) is 24.3 Å². The first-order valence-electron chi connectivity index (χ1n) is 4.95. The summed E-state index contributed by atoms with van der Waals surface area (Å²) in [4.78, 5) is 23.4. The Morgan fingerprint density at radius 2 is 1.82 bits per heavy atom. The Labute approximate surface area is 93.8 Å². The highest BCUT2D eigenvalue weighted by molar-refractivity contribution is 6.11. The van der Waals surface area contributed by atoms with Gasteiger partial charge in [-0.1, -0.05) is 24.3 Å². The largest absolute Gasteiger partial charge is 0.471 e. The van der Waals surface area contributed by atoms with Crippen molar-refractivity contribution >= 4 is 11.7 Å². The maximum atomic E-state index is 12.2. The molecule has 0 N–H and O–H groups in total. The smallest absolute Gasteiger partial charge is 0.312 e. The molecule has 0 aromatic heterocycles. The Morgan fingerprint density at radius 1 is 1.18 bits per heavy atom. The van der Waals surface area contributed by atoms with Crippen LogP contribution in [0.2, 0.25) is 0 Å². The van der Waals surface area contributed by atoms with Gasteiger partial charge < -0.3 is 4.90 Å². The third kappa shape index (κ3) is 1.23. The maximum absolute atomic E-state index is 12.2. The fourth-order valence-electron chi connectivity index (χ4n) is 2.36. The molecule has 0 unspecified atom stereocenters. The van der Waals surface area contributed by atoms with Gasteiger partial charge >= 0.3 is 12.1 Å². The van der Waals surface area contributed by atoms with Crippen molar-refractivity contribution in [1.29, 1.82) is 0 Å². The fourth-order valence-corrected chi connectivity index (χ4v) is 2.36. The van der Waals surface area contributed by atoms with Gasteiger partial charge in [-0.2, -0.15) is 13.2 Å². The molecule has 88 valence electrons. The van der Waals surface area contributed by atoms with E-state index in [1.165, 1.54) is 0 Å². The molecule has 3 nitrogen and oxygen atoms in total. The van der Waals surface area contributed by atoms with Crippen molar-refractivity contribution in [3.05, 3.63) is 35.4 Å². The highest BCUT2D eigenvalue weighted by Gasteiger charge is 2.66. The summed E-state index contributed by atoms with van der Waals surface area (Å²) in [6.45, 7) is 0. The summed E-state index contributed by atoms with van der Waals surface area (Å²) in [6, 6.07) is 4.79. The van der Waals surface area contributed by atoms with Gasteiger partial charge in [-0.25, -0.2) is 0 Å². The van der Waals surface area contributed by atoms with E-state index in [-0.39, 0.29) is 0 Å². The molecule has 0 radical (unpaired) electrons. The monoisotopic (exact) mass is 241 g/mol. The lowest BCUT2D eigenvalue weighted by Gasteiger charge is -2.11. The third-order valence-electron chi connectivity index (χ3n) is 3.10. The lowest BCUT2D eigenvalue weighted by atomic mass is 10.1. The number of rotatable bonds is 0. The number of carbonyl (C=O) groups is 2. The van der Waals surface area contributed by atoms with Crippen molar-refractivity contribution < 1.29 is 22.8 Å². The highest BCUT2D eigenvalue weighted by atomic mass is 19.4. The number of hydrogen-bond donors (Lipinski definition) is 0. The molecule has 0 saturated carbocycles. The first-order chi connectivity index (χ1) is 7.93. The molecule has 17 heavy (non-hydrogen) atoms. The predicted octanol–water partition coefficient (Wildman–Crippen LogP) is 1.70. The van der Waals surface area contributed by atoms with E-state index in [2.05, 4.69) is 0 Å². The Hall–Kier alpha value is -1.85. The van der Waals surface area contributed by atoms with Gasteiger partial charge in [0, 0.05) is 5.56 Å². The van der Waals surface area contributed by atoms with E-state index in [0.29, 0.717) is 16.0 Å². The van der Waals surface area contributed by atoms with Crippen molar-refractivity contribution in [2.45, 2.75) is 18.3 Å². The van der Waals surface area contributed by atoms with Crippen LogP contribution in [-0.4, -0.2) is 28.8 Å². The molecular weight excluding hydrogens is 235 g/mol. The van der Waals surface area contributed by atoms with Gasteiger partial charge in [0.15, 0.2) is 5.78 Å². The minimum Gasteiger partial charge on any atom is -0.312 e. The number of alkyl halides is 3. The fraction of sp³-hybridized carbons (Fsp3) is 0.273. The molecule has 2 atom stereocenters.